The molecule has 0 saturated carbocycles. The van der Waals surface area contributed by atoms with Gasteiger partial charge in [0.15, 0.2) is 11.8 Å². The smallest absolute Gasteiger partial charge is 0.338 e. The summed E-state index contributed by atoms with van der Waals surface area (Å²) < 4.78 is 16.0. The number of imide groups is 1. The fraction of sp³-hybridized carbons (Fsp3) is 0.514. The van der Waals surface area contributed by atoms with Crippen molar-refractivity contribution in [1.29, 1.82) is 0 Å². The van der Waals surface area contributed by atoms with Crippen molar-refractivity contribution in [3.63, 3.8) is 0 Å². The predicted molar refractivity (Wildman–Crippen MR) is 179 cm³/mol. The number of amides is 4. The lowest BCUT2D eigenvalue weighted by atomic mass is 10.0. The Bertz CT molecular complexity index is 1380. The predicted octanol–water partition coefficient (Wildman–Crippen LogP) is 6.87. The molecule has 1 N–H and O–H groups in total. The maximum atomic E-state index is 13.8. The van der Waals surface area contributed by atoms with Gasteiger partial charge in [-0.1, -0.05) is 76.3 Å². The first kappa shape index (κ1) is 37.5. The van der Waals surface area contributed by atoms with Gasteiger partial charge in [-0.05, 0) is 55.8 Å². The molecule has 2 unspecified atom stereocenters. The third-order valence-electron chi connectivity index (χ3n) is 7.95. The highest BCUT2D eigenvalue weighted by Gasteiger charge is 2.51. The highest BCUT2D eigenvalue weighted by Crippen LogP contribution is 2.27. The Hall–Kier alpha value is -3.96. The van der Waals surface area contributed by atoms with Crippen LogP contribution in [0, 0.1) is 0 Å². The number of ether oxygens (including phenoxy) is 3. The SMILES string of the molecule is CCCCCCCCCCCCOC(=O)c1ccc(Cl)c(NC(=O)C(C(=O)c2ccc(OC)cc2)N2C(=O)C(OCC)N(C)C2=O)c1. The fourth-order valence-corrected chi connectivity index (χ4v) is 5.45. The maximum Gasteiger partial charge on any atom is 0.338 e. The molecule has 3 rings (SSSR count). The number of halogens is 1. The molecule has 2 atom stereocenters. The minimum atomic E-state index is -1.90. The number of hydrogen-bond acceptors (Lipinski definition) is 8. The van der Waals surface area contributed by atoms with Crippen LogP contribution in [0.5, 0.6) is 5.75 Å². The number of likely N-dealkylation sites (N-methyl/N-ethyl adjacent to an activating group) is 1. The number of carbonyl (C=O) groups is 5. The van der Waals surface area contributed by atoms with Crippen LogP contribution < -0.4 is 10.1 Å². The van der Waals surface area contributed by atoms with E-state index >= 15 is 0 Å². The number of hydrogen-bond donors (Lipinski definition) is 1. The maximum absolute atomic E-state index is 13.8. The standard InChI is InChI=1S/C35H46ClN3O8/c1-5-7-8-9-10-11-12-13-14-15-22-47-34(43)25-18-21-27(36)28(23-25)37-31(41)29(30(40)24-16-19-26(45-4)20-17-24)39-32(42)33(46-6-2)38(3)35(39)44/h16-21,23,29,33H,5-15,22H2,1-4H3,(H,37,41). The van der Waals surface area contributed by atoms with Crippen LogP contribution in [-0.2, 0) is 19.1 Å². The van der Waals surface area contributed by atoms with Crippen LogP contribution in [-0.4, -0.2) is 79.0 Å². The van der Waals surface area contributed by atoms with Gasteiger partial charge in [-0.3, -0.25) is 19.3 Å². The lowest BCUT2D eigenvalue weighted by molar-refractivity contribution is -0.143. The van der Waals surface area contributed by atoms with Crippen molar-refractivity contribution in [2.75, 3.05) is 32.7 Å². The van der Waals surface area contributed by atoms with Crippen LogP contribution in [0.3, 0.4) is 0 Å². The van der Waals surface area contributed by atoms with Crippen molar-refractivity contribution in [1.82, 2.24) is 9.80 Å². The number of esters is 1. The molecule has 1 aliphatic heterocycles. The van der Waals surface area contributed by atoms with E-state index in [1.165, 1.54) is 102 Å². The van der Waals surface area contributed by atoms with E-state index < -0.39 is 41.9 Å². The zero-order valence-electron chi connectivity index (χ0n) is 27.7. The highest BCUT2D eigenvalue weighted by molar-refractivity contribution is 6.34. The lowest BCUT2D eigenvalue weighted by Gasteiger charge is -2.24. The molecule has 2 aromatic carbocycles. The van der Waals surface area contributed by atoms with Crippen molar-refractivity contribution >= 4 is 46.9 Å². The number of benzene rings is 2. The summed E-state index contributed by atoms with van der Waals surface area (Å²) in [6, 6.07) is 7.32. The fourth-order valence-electron chi connectivity index (χ4n) is 5.28. The first-order valence-electron chi connectivity index (χ1n) is 16.3. The van der Waals surface area contributed by atoms with E-state index in [1.54, 1.807) is 6.92 Å². The Kier molecular flexibility index (Phi) is 15.2. The summed E-state index contributed by atoms with van der Waals surface area (Å²) in [6.45, 7) is 4.23. The topological polar surface area (TPSA) is 132 Å². The number of anilines is 1. The van der Waals surface area contributed by atoms with Crippen LogP contribution in [0.25, 0.3) is 0 Å². The van der Waals surface area contributed by atoms with E-state index in [4.69, 9.17) is 25.8 Å². The van der Waals surface area contributed by atoms with E-state index in [9.17, 15) is 24.0 Å². The normalized spacial score (nSPS) is 15.1. The quantitative estimate of drug-likeness (QED) is 0.0530. The van der Waals surface area contributed by atoms with E-state index in [-0.39, 0.29) is 35.1 Å². The van der Waals surface area contributed by atoms with E-state index in [0.29, 0.717) is 10.6 Å². The van der Waals surface area contributed by atoms with Gasteiger partial charge < -0.3 is 19.5 Å². The summed E-state index contributed by atoms with van der Waals surface area (Å²) in [5.74, 6) is -2.81. The monoisotopic (exact) mass is 671 g/mol. The van der Waals surface area contributed by atoms with Crippen LogP contribution in [0.15, 0.2) is 42.5 Å². The number of nitrogens with zero attached hydrogens (tertiary/aromatic N) is 2. The van der Waals surface area contributed by atoms with Crippen LogP contribution in [0.2, 0.25) is 5.02 Å². The molecule has 1 aliphatic rings. The van der Waals surface area contributed by atoms with Gasteiger partial charge in [0.2, 0.25) is 6.23 Å². The van der Waals surface area contributed by atoms with Crippen molar-refractivity contribution in [2.24, 2.45) is 0 Å². The summed E-state index contributed by atoms with van der Waals surface area (Å²) in [4.78, 5) is 68.5. The summed E-state index contributed by atoms with van der Waals surface area (Å²) in [5, 5.41) is 2.61. The number of nitrogens with one attached hydrogen (secondary N) is 1. The molecule has 1 saturated heterocycles. The molecule has 47 heavy (non-hydrogen) atoms. The molecule has 0 aromatic heterocycles. The number of Topliss-reactive ketones (excluding diaryl/α,β-unsaturated/α-hetero) is 1. The van der Waals surface area contributed by atoms with E-state index in [1.807, 2.05) is 0 Å². The lowest BCUT2D eigenvalue weighted by Crippen LogP contribution is -2.52. The number of ketones is 1. The van der Waals surface area contributed by atoms with Crippen molar-refractivity contribution in [3.8, 4) is 5.75 Å². The average molecular weight is 672 g/mol. The van der Waals surface area contributed by atoms with Gasteiger partial charge in [0, 0.05) is 19.2 Å². The number of rotatable bonds is 20. The number of carbonyl (C=O) groups excluding carboxylic acids is 5. The van der Waals surface area contributed by atoms with Gasteiger partial charge >= 0.3 is 12.0 Å². The first-order valence-corrected chi connectivity index (χ1v) is 16.7. The third-order valence-corrected chi connectivity index (χ3v) is 8.28. The molecule has 1 heterocycles. The molecule has 256 valence electrons. The van der Waals surface area contributed by atoms with Gasteiger partial charge in [0.1, 0.15) is 5.75 Å². The van der Waals surface area contributed by atoms with Gasteiger partial charge in [-0.15, -0.1) is 0 Å². The minimum Gasteiger partial charge on any atom is -0.497 e. The Morgan fingerprint density at radius 2 is 1.47 bits per heavy atom. The van der Waals surface area contributed by atoms with Crippen LogP contribution in [0.1, 0.15) is 98.8 Å². The summed E-state index contributed by atoms with van der Waals surface area (Å²) >= 11 is 6.37. The number of unbranched alkanes of at least 4 members (excludes halogenated alkanes) is 9. The van der Waals surface area contributed by atoms with Crippen molar-refractivity contribution < 1.29 is 38.2 Å². The second-order valence-corrected chi connectivity index (χ2v) is 11.8. The molecule has 0 spiro atoms. The van der Waals surface area contributed by atoms with E-state index in [2.05, 4.69) is 12.2 Å². The summed E-state index contributed by atoms with van der Waals surface area (Å²) in [7, 11) is 2.80. The van der Waals surface area contributed by atoms with Crippen molar-refractivity contribution in [3.05, 3.63) is 58.6 Å². The Morgan fingerprint density at radius 1 is 0.872 bits per heavy atom. The second kappa shape index (κ2) is 19.0. The highest BCUT2D eigenvalue weighted by atomic mass is 35.5. The van der Waals surface area contributed by atoms with Crippen LogP contribution in [0.4, 0.5) is 10.5 Å². The zero-order chi connectivity index (χ0) is 34.3. The van der Waals surface area contributed by atoms with Gasteiger partial charge in [0.25, 0.3) is 11.8 Å². The number of methoxy groups -OCH3 is 1. The third kappa shape index (κ3) is 10.3. The van der Waals surface area contributed by atoms with Gasteiger partial charge in [-0.2, -0.15) is 0 Å². The van der Waals surface area contributed by atoms with Gasteiger partial charge in [0.05, 0.1) is 30.0 Å². The molecule has 4 amide bonds. The molecular formula is C35H46ClN3O8. The first-order chi connectivity index (χ1) is 22.6. The molecule has 12 heteroatoms. The molecule has 1 fully saturated rings. The average Bonchev–Trinajstić information content (AvgIpc) is 3.27. The second-order valence-electron chi connectivity index (χ2n) is 11.4. The molecule has 2 aromatic rings. The summed E-state index contributed by atoms with van der Waals surface area (Å²) in [6.07, 6.45) is 10.3. The minimum absolute atomic E-state index is 0.00592. The Morgan fingerprint density at radius 3 is 2.06 bits per heavy atom. The number of urea groups is 1. The zero-order valence-corrected chi connectivity index (χ0v) is 28.5. The van der Waals surface area contributed by atoms with Crippen molar-refractivity contribution in [2.45, 2.75) is 90.3 Å². The Balaban J connectivity index is 1.69. The van der Waals surface area contributed by atoms with E-state index in [0.717, 1.165) is 24.2 Å². The summed E-state index contributed by atoms with van der Waals surface area (Å²) in [5.41, 5.74) is 0.204. The largest absolute Gasteiger partial charge is 0.497 e. The van der Waals surface area contributed by atoms with Gasteiger partial charge in [-0.25, -0.2) is 14.5 Å². The Labute approximate surface area is 281 Å². The molecule has 0 bridgehead atoms. The van der Waals surface area contributed by atoms with Crippen LogP contribution >= 0.6 is 11.6 Å². The molecule has 11 nitrogen and oxygen atoms in total. The molecular weight excluding hydrogens is 626 g/mol. The molecule has 0 aliphatic carbocycles. The molecule has 0 radical (unpaired) electrons.